The number of amides is 1. The van der Waals surface area contributed by atoms with Gasteiger partial charge in [-0.25, -0.2) is 13.8 Å². The highest BCUT2D eigenvalue weighted by molar-refractivity contribution is 5.99. The Morgan fingerprint density at radius 3 is 2.62 bits per heavy atom. The van der Waals surface area contributed by atoms with Gasteiger partial charge in [-0.1, -0.05) is 0 Å². The van der Waals surface area contributed by atoms with E-state index in [2.05, 4.69) is 15.3 Å². The van der Waals surface area contributed by atoms with E-state index >= 15 is 8.78 Å². The first kappa shape index (κ1) is 22.4. The van der Waals surface area contributed by atoms with Crippen LogP contribution in [0.4, 0.5) is 14.6 Å². The molecular weight excluding hydrogens is 442 g/mol. The third kappa shape index (κ3) is 3.70. The summed E-state index contributed by atoms with van der Waals surface area (Å²) in [4.78, 5) is 22.6. The molecule has 0 spiro atoms. The molecule has 1 amide bonds. The Hall–Kier alpha value is -3.43. The lowest BCUT2D eigenvalue weighted by atomic mass is 9.93. The van der Waals surface area contributed by atoms with Crippen molar-refractivity contribution in [2.45, 2.75) is 32.0 Å². The predicted octanol–water partition coefficient (Wildman–Crippen LogP) is 3.79. The smallest absolute Gasteiger partial charge is 0.254 e. The number of rotatable bonds is 6. The molecule has 2 aliphatic rings. The number of benzene rings is 1. The molecule has 3 aromatic rings. The van der Waals surface area contributed by atoms with Gasteiger partial charge in [0.1, 0.15) is 17.5 Å². The summed E-state index contributed by atoms with van der Waals surface area (Å²) in [6.07, 6.45) is 2.99. The van der Waals surface area contributed by atoms with Crippen LogP contribution in [0.2, 0.25) is 0 Å². The number of aromatic nitrogens is 2. The number of carbonyl (C=O) groups is 1. The van der Waals surface area contributed by atoms with Crippen LogP contribution in [0.25, 0.3) is 11.1 Å². The Labute approximate surface area is 195 Å². The molecule has 9 heteroatoms. The topological polar surface area (TPSA) is 87.6 Å². The highest BCUT2D eigenvalue weighted by atomic mass is 19.1. The Morgan fingerprint density at radius 1 is 1.15 bits per heavy atom. The minimum absolute atomic E-state index is 0.0629. The molecule has 2 N–H and O–H groups in total. The van der Waals surface area contributed by atoms with E-state index in [1.165, 1.54) is 12.4 Å². The summed E-state index contributed by atoms with van der Waals surface area (Å²) in [6.45, 7) is 4.83. The van der Waals surface area contributed by atoms with Gasteiger partial charge in [0, 0.05) is 41.2 Å². The summed E-state index contributed by atoms with van der Waals surface area (Å²) in [5.41, 5.74) is 1.09. The van der Waals surface area contributed by atoms with Crippen molar-refractivity contribution in [3.63, 3.8) is 0 Å². The van der Waals surface area contributed by atoms with Crippen LogP contribution in [0.3, 0.4) is 0 Å². The lowest BCUT2D eigenvalue weighted by molar-refractivity contribution is -0.186. The van der Waals surface area contributed by atoms with Crippen LogP contribution >= 0.6 is 0 Å². The molecule has 1 saturated heterocycles. The summed E-state index contributed by atoms with van der Waals surface area (Å²) in [7, 11) is 0. The molecule has 4 heterocycles. The highest BCUT2D eigenvalue weighted by Crippen LogP contribution is 2.34. The molecule has 0 saturated carbocycles. The van der Waals surface area contributed by atoms with Gasteiger partial charge >= 0.3 is 0 Å². The fourth-order valence-electron chi connectivity index (χ4n) is 4.36. The summed E-state index contributed by atoms with van der Waals surface area (Å²) in [5.74, 6) is -0.767. The first-order chi connectivity index (χ1) is 16.3. The molecule has 0 unspecified atom stereocenters. The first-order valence-corrected chi connectivity index (χ1v) is 11.1. The third-order valence-electron chi connectivity index (χ3n) is 6.44. The molecule has 176 valence electrons. The lowest BCUT2D eigenvalue weighted by Gasteiger charge is -2.35. The van der Waals surface area contributed by atoms with Gasteiger partial charge in [0.15, 0.2) is 5.60 Å². The van der Waals surface area contributed by atoms with Crippen LogP contribution in [-0.2, 0) is 16.9 Å². The van der Waals surface area contributed by atoms with Gasteiger partial charge in [0.05, 0.1) is 31.5 Å². The predicted molar refractivity (Wildman–Crippen MR) is 121 cm³/mol. The largest absolute Gasteiger partial charge is 0.379 e. The van der Waals surface area contributed by atoms with Gasteiger partial charge in [-0.2, -0.15) is 0 Å². The van der Waals surface area contributed by atoms with E-state index in [-0.39, 0.29) is 30.2 Å². The van der Waals surface area contributed by atoms with Gasteiger partial charge in [-0.3, -0.25) is 9.78 Å². The average molecular weight is 466 g/mol. The third-order valence-corrected chi connectivity index (χ3v) is 6.44. The Kier molecular flexibility index (Phi) is 5.53. The fourth-order valence-corrected chi connectivity index (χ4v) is 4.36. The van der Waals surface area contributed by atoms with Crippen LogP contribution in [0.1, 0.15) is 47.1 Å². The van der Waals surface area contributed by atoms with E-state index in [1.54, 1.807) is 30.0 Å². The van der Waals surface area contributed by atoms with E-state index in [0.29, 0.717) is 35.7 Å². The average Bonchev–Trinajstić information content (AvgIpc) is 3.15. The first-order valence-electron chi connectivity index (χ1n) is 11.1. The second kappa shape index (κ2) is 8.41. The van der Waals surface area contributed by atoms with Gasteiger partial charge in [0.25, 0.3) is 5.91 Å². The van der Waals surface area contributed by atoms with Gasteiger partial charge in [0.2, 0.25) is 0 Å². The summed E-state index contributed by atoms with van der Waals surface area (Å²) in [6, 6.07) is 6.50. The van der Waals surface area contributed by atoms with Crippen LogP contribution < -0.4 is 5.32 Å². The van der Waals surface area contributed by atoms with Crippen molar-refractivity contribution in [3.05, 3.63) is 76.7 Å². The van der Waals surface area contributed by atoms with Gasteiger partial charge < -0.3 is 20.1 Å². The number of hydrogen-bond acceptors (Lipinski definition) is 6. The lowest BCUT2D eigenvalue weighted by Crippen LogP contribution is -2.47. The maximum absolute atomic E-state index is 15.2. The maximum Gasteiger partial charge on any atom is 0.254 e. The minimum atomic E-state index is -1.21. The molecule has 2 aromatic heterocycles. The number of nitrogens with zero attached hydrogens (tertiary/aromatic N) is 3. The molecule has 34 heavy (non-hydrogen) atoms. The number of aliphatic hydroxyl groups is 1. The number of pyridine rings is 2. The quantitative estimate of drug-likeness (QED) is 0.575. The number of halogens is 2. The Bertz CT molecular complexity index is 1280. The van der Waals surface area contributed by atoms with Crippen molar-refractivity contribution in [2.75, 3.05) is 25.1 Å². The molecule has 0 bridgehead atoms. The van der Waals surface area contributed by atoms with Gasteiger partial charge in [-0.15, -0.1) is 0 Å². The fraction of sp³-hybridized carbons (Fsp3) is 0.320. The maximum atomic E-state index is 15.2. The van der Waals surface area contributed by atoms with Crippen LogP contribution in [0.5, 0.6) is 0 Å². The number of nitrogens with one attached hydrogen (secondary N) is 1. The van der Waals surface area contributed by atoms with E-state index in [0.717, 1.165) is 17.7 Å². The van der Waals surface area contributed by atoms with Crippen LogP contribution in [-0.4, -0.2) is 45.6 Å². The van der Waals surface area contributed by atoms with Crippen molar-refractivity contribution in [1.82, 2.24) is 14.9 Å². The van der Waals surface area contributed by atoms with E-state index in [4.69, 9.17) is 4.74 Å². The molecule has 7 nitrogen and oxygen atoms in total. The zero-order chi connectivity index (χ0) is 24.0. The second-order valence-electron chi connectivity index (χ2n) is 8.68. The number of carbonyl (C=O) groups excluding carboxylic acids is 1. The number of anilines is 1. The van der Waals surface area contributed by atoms with Crippen molar-refractivity contribution in [1.29, 1.82) is 0 Å². The van der Waals surface area contributed by atoms with Crippen LogP contribution in [0.15, 0.2) is 42.7 Å². The van der Waals surface area contributed by atoms with Crippen molar-refractivity contribution in [3.8, 4) is 11.1 Å². The standard InChI is InChI=1S/C25H24F2N4O3/c1-3-31-11-19-16(24(31)32)5-7-29-23(19)30-14(2)17-9-21(27)18(10-20(17)26)15-4-6-28-22(8-15)25(33)12-34-13-25/h4-10,14,33H,3,11-13H2,1-2H3,(H,29,30)/t14-/m0/s1. The molecule has 5 rings (SSSR count). The van der Waals surface area contributed by atoms with Crippen molar-refractivity contribution < 1.29 is 23.4 Å². The van der Waals surface area contributed by atoms with E-state index in [9.17, 15) is 9.90 Å². The molecule has 1 fully saturated rings. The van der Waals surface area contributed by atoms with E-state index in [1.807, 2.05) is 6.92 Å². The Balaban J connectivity index is 1.42. The zero-order valence-electron chi connectivity index (χ0n) is 18.8. The molecule has 2 aliphatic heterocycles. The summed E-state index contributed by atoms with van der Waals surface area (Å²) in [5, 5.41) is 13.6. The van der Waals surface area contributed by atoms with Gasteiger partial charge in [-0.05, 0) is 49.7 Å². The van der Waals surface area contributed by atoms with Crippen molar-refractivity contribution in [2.24, 2.45) is 0 Å². The molecular formula is C25H24F2N4O3. The van der Waals surface area contributed by atoms with Crippen molar-refractivity contribution >= 4 is 11.7 Å². The Morgan fingerprint density at radius 2 is 1.91 bits per heavy atom. The molecule has 0 radical (unpaired) electrons. The highest BCUT2D eigenvalue weighted by Gasteiger charge is 2.39. The SMILES string of the molecule is CCN1Cc2c(ccnc2N[C@@H](C)c2cc(F)c(-c3ccnc(C4(O)COC4)c3)cc2F)C1=O. The minimum Gasteiger partial charge on any atom is -0.379 e. The number of ether oxygens (including phenoxy) is 1. The summed E-state index contributed by atoms with van der Waals surface area (Å²) < 4.78 is 35.4. The molecule has 1 aromatic carbocycles. The zero-order valence-corrected chi connectivity index (χ0v) is 18.8. The van der Waals surface area contributed by atoms with E-state index < -0.39 is 23.3 Å². The second-order valence-corrected chi connectivity index (χ2v) is 8.68. The monoisotopic (exact) mass is 466 g/mol. The number of hydrogen-bond donors (Lipinski definition) is 2. The summed E-state index contributed by atoms with van der Waals surface area (Å²) >= 11 is 0. The molecule has 1 atom stereocenters. The molecule has 0 aliphatic carbocycles. The van der Waals surface area contributed by atoms with Crippen LogP contribution in [0, 0.1) is 11.6 Å². The normalized spacial score (nSPS) is 17.3. The number of fused-ring (bicyclic) bond motifs is 1.